The maximum Gasteiger partial charge on any atom is 0.220 e. The third-order valence-corrected chi connectivity index (χ3v) is 8.28. The molecule has 0 saturated heterocycles. The lowest BCUT2D eigenvalue weighted by Crippen LogP contribution is -2.45. The molecule has 0 aliphatic carbocycles. The Bertz CT molecular complexity index is 711. The van der Waals surface area contributed by atoms with Gasteiger partial charge in [-0.05, 0) is 64.2 Å². The molecule has 256 valence electrons. The molecule has 0 aliphatic rings. The fourth-order valence-electron chi connectivity index (χ4n) is 5.34. The number of allylic oxidation sites excluding steroid dienone is 7. The quantitative estimate of drug-likeness (QED) is 0.0508. The molecular weight excluding hydrogens is 542 g/mol. The minimum absolute atomic E-state index is 0.0903. The Morgan fingerprint density at radius 3 is 1.50 bits per heavy atom. The average molecular weight is 616 g/mol. The Morgan fingerprint density at radius 2 is 0.955 bits per heavy atom. The monoisotopic (exact) mass is 616 g/mol. The molecule has 0 fully saturated rings. The van der Waals surface area contributed by atoms with E-state index < -0.39 is 12.1 Å². The van der Waals surface area contributed by atoms with E-state index in [-0.39, 0.29) is 12.5 Å². The average Bonchev–Trinajstić information content (AvgIpc) is 3.03. The lowest BCUT2D eigenvalue weighted by Gasteiger charge is -2.19. The van der Waals surface area contributed by atoms with Crippen LogP contribution in [0.2, 0.25) is 0 Å². The van der Waals surface area contributed by atoms with Gasteiger partial charge in [-0.25, -0.2) is 0 Å². The Hall–Kier alpha value is -1.65. The molecule has 0 rings (SSSR count). The van der Waals surface area contributed by atoms with E-state index in [9.17, 15) is 15.0 Å². The van der Waals surface area contributed by atoms with Crippen LogP contribution in [0.5, 0.6) is 0 Å². The molecule has 1 amide bonds. The van der Waals surface area contributed by atoms with E-state index in [4.69, 9.17) is 0 Å². The van der Waals surface area contributed by atoms with Crippen LogP contribution in [-0.2, 0) is 4.79 Å². The molecule has 0 heterocycles. The summed E-state index contributed by atoms with van der Waals surface area (Å²) in [6.07, 6.45) is 47.7. The van der Waals surface area contributed by atoms with Crippen molar-refractivity contribution in [1.82, 2.24) is 5.32 Å². The standard InChI is InChI=1S/C40H73NO3/c1-3-5-7-9-11-13-15-17-19-20-22-23-25-27-29-31-33-35-39(43)38(37-42)41-40(44)36-34-32-30-28-26-24-21-18-16-14-12-10-8-6-4-2/h12,14,18,21,25,27,33,35,38-39,42-43H,3-11,13,15-17,19-20,22-24,26,28-32,34,36-37H2,1-2H3,(H,41,44)/b14-12+,21-18+,27-25+,35-33+/t38-,39+/m0/s1. The molecule has 0 bridgehead atoms. The van der Waals surface area contributed by atoms with Crippen LogP contribution < -0.4 is 5.32 Å². The summed E-state index contributed by atoms with van der Waals surface area (Å²) in [6.45, 7) is 4.25. The number of hydrogen-bond acceptors (Lipinski definition) is 3. The van der Waals surface area contributed by atoms with Gasteiger partial charge < -0.3 is 15.5 Å². The molecule has 2 atom stereocenters. The normalized spacial score (nSPS) is 13.6. The first kappa shape index (κ1) is 42.3. The zero-order chi connectivity index (χ0) is 32.2. The predicted octanol–water partition coefficient (Wildman–Crippen LogP) is 11.2. The van der Waals surface area contributed by atoms with Gasteiger partial charge in [-0.1, -0.05) is 159 Å². The van der Waals surface area contributed by atoms with Gasteiger partial charge in [0.25, 0.3) is 0 Å². The highest BCUT2D eigenvalue weighted by molar-refractivity contribution is 5.76. The SMILES string of the molecule is CCCCC/C=C/C/C=C/CCCCCCCC(=O)N[C@@H](CO)[C@H](O)/C=C/CC/C=C/CCCCCCCCCCCCC. The van der Waals surface area contributed by atoms with Crippen LogP contribution in [0.25, 0.3) is 0 Å². The molecule has 4 nitrogen and oxygen atoms in total. The van der Waals surface area contributed by atoms with Gasteiger partial charge >= 0.3 is 0 Å². The second-order valence-corrected chi connectivity index (χ2v) is 12.6. The van der Waals surface area contributed by atoms with Crippen LogP contribution in [0, 0.1) is 0 Å². The number of carbonyl (C=O) groups is 1. The van der Waals surface area contributed by atoms with Crippen LogP contribution in [-0.4, -0.2) is 34.9 Å². The minimum atomic E-state index is -0.867. The number of hydrogen-bond donors (Lipinski definition) is 3. The molecule has 44 heavy (non-hydrogen) atoms. The van der Waals surface area contributed by atoms with E-state index in [0.717, 1.165) is 51.4 Å². The molecule has 0 spiro atoms. The number of rotatable bonds is 33. The maximum atomic E-state index is 12.3. The Morgan fingerprint density at radius 1 is 0.545 bits per heavy atom. The topological polar surface area (TPSA) is 69.6 Å². The van der Waals surface area contributed by atoms with Crippen molar-refractivity contribution >= 4 is 5.91 Å². The van der Waals surface area contributed by atoms with Crippen LogP contribution in [0.3, 0.4) is 0 Å². The van der Waals surface area contributed by atoms with E-state index in [1.807, 2.05) is 6.08 Å². The van der Waals surface area contributed by atoms with Crippen molar-refractivity contribution in [2.45, 2.75) is 193 Å². The number of amides is 1. The van der Waals surface area contributed by atoms with E-state index in [1.54, 1.807) is 6.08 Å². The van der Waals surface area contributed by atoms with Gasteiger partial charge in [0.05, 0.1) is 18.8 Å². The van der Waals surface area contributed by atoms with Gasteiger partial charge in [0.1, 0.15) is 0 Å². The first-order valence-corrected chi connectivity index (χ1v) is 18.9. The highest BCUT2D eigenvalue weighted by Gasteiger charge is 2.17. The third-order valence-electron chi connectivity index (χ3n) is 8.28. The van der Waals surface area contributed by atoms with Crippen molar-refractivity contribution < 1.29 is 15.0 Å². The van der Waals surface area contributed by atoms with Crippen molar-refractivity contribution in [2.24, 2.45) is 0 Å². The summed E-state index contributed by atoms with van der Waals surface area (Å²) in [7, 11) is 0. The van der Waals surface area contributed by atoms with E-state index in [0.29, 0.717) is 6.42 Å². The number of carbonyl (C=O) groups excluding carboxylic acids is 1. The molecule has 4 heteroatoms. The first-order valence-electron chi connectivity index (χ1n) is 18.9. The Balaban J connectivity index is 3.71. The van der Waals surface area contributed by atoms with Gasteiger partial charge in [-0.2, -0.15) is 0 Å². The van der Waals surface area contributed by atoms with Gasteiger partial charge in [0, 0.05) is 6.42 Å². The zero-order valence-electron chi connectivity index (χ0n) is 29.2. The highest BCUT2D eigenvalue weighted by Crippen LogP contribution is 2.12. The molecule has 0 radical (unpaired) electrons. The number of nitrogens with one attached hydrogen (secondary N) is 1. The number of unbranched alkanes of at least 4 members (excludes halogenated alkanes) is 20. The highest BCUT2D eigenvalue weighted by atomic mass is 16.3. The van der Waals surface area contributed by atoms with Gasteiger partial charge in [0.2, 0.25) is 5.91 Å². The van der Waals surface area contributed by atoms with Crippen LogP contribution >= 0.6 is 0 Å². The third kappa shape index (κ3) is 31.8. The molecule has 0 aliphatic heterocycles. The largest absolute Gasteiger partial charge is 0.394 e. The summed E-state index contributed by atoms with van der Waals surface area (Å²) in [5.74, 6) is -0.0903. The predicted molar refractivity (Wildman–Crippen MR) is 193 cm³/mol. The summed E-state index contributed by atoms with van der Waals surface area (Å²) in [4.78, 5) is 12.3. The van der Waals surface area contributed by atoms with E-state index in [2.05, 4.69) is 55.6 Å². The van der Waals surface area contributed by atoms with E-state index in [1.165, 1.54) is 109 Å². The van der Waals surface area contributed by atoms with E-state index >= 15 is 0 Å². The molecule has 0 unspecified atom stereocenters. The minimum Gasteiger partial charge on any atom is -0.394 e. The molecule has 0 aromatic rings. The van der Waals surface area contributed by atoms with Gasteiger partial charge in [-0.3, -0.25) is 4.79 Å². The van der Waals surface area contributed by atoms with Crippen LogP contribution in [0.4, 0.5) is 0 Å². The van der Waals surface area contributed by atoms with Crippen molar-refractivity contribution in [3.8, 4) is 0 Å². The Labute approximate surface area is 274 Å². The summed E-state index contributed by atoms with van der Waals surface area (Å²) in [5, 5.41) is 22.9. The lowest BCUT2D eigenvalue weighted by molar-refractivity contribution is -0.123. The fourth-order valence-corrected chi connectivity index (χ4v) is 5.34. The first-order chi connectivity index (χ1) is 21.7. The molecule has 0 saturated carbocycles. The number of aliphatic hydroxyl groups excluding tert-OH is 2. The molecule has 0 aromatic carbocycles. The van der Waals surface area contributed by atoms with Crippen LogP contribution in [0.1, 0.15) is 181 Å². The van der Waals surface area contributed by atoms with Crippen molar-refractivity contribution in [3.05, 3.63) is 48.6 Å². The second kappa shape index (κ2) is 35.8. The summed E-state index contributed by atoms with van der Waals surface area (Å²) in [6, 6.07) is -0.645. The summed E-state index contributed by atoms with van der Waals surface area (Å²) >= 11 is 0. The summed E-state index contributed by atoms with van der Waals surface area (Å²) in [5.41, 5.74) is 0. The Kier molecular flexibility index (Phi) is 34.5. The van der Waals surface area contributed by atoms with Crippen molar-refractivity contribution in [1.29, 1.82) is 0 Å². The fraction of sp³-hybridized carbons (Fsp3) is 0.775. The van der Waals surface area contributed by atoms with Gasteiger partial charge in [0.15, 0.2) is 0 Å². The van der Waals surface area contributed by atoms with Gasteiger partial charge in [-0.15, -0.1) is 0 Å². The van der Waals surface area contributed by atoms with Crippen molar-refractivity contribution in [2.75, 3.05) is 6.61 Å². The van der Waals surface area contributed by atoms with Crippen molar-refractivity contribution in [3.63, 3.8) is 0 Å². The second-order valence-electron chi connectivity index (χ2n) is 12.6. The number of aliphatic hydroxyl groups is 2. The zero-order valence-corrected chi connectivity index (χ0v) is 29.2. The molecular formula is C40H73NO3. The summed E-state index contributed by atoms with van der Waals surface area (Å²) < 4.78 is 0. The molecule has 3 N–H and O–H groups in total. The van der Waals surface area contributed by atoms with Crippen LogP contribution in [0.15, 0.2) is 48.6 Å². The smallest absolute Gasteiger partial charge is 0.220 e. The maximum absolute atomic E-state index is 12.3. The molecule has 0 aromatic heterocycles. The lowest BCUT2D eigenvalue weighted by atomic mass is 10.1.